The van der Waals surface area contributed by atoms with E-state index in [1.807, 2.05) is 26.1 Å². The van der Waals surface area contributed by atoms with Crippen molar-refractivity contribution >= 4 is 17.8 Å². The second kappa shape index (κ2) is 11.9. The Balaban J connectivity index is 1.71. The molecule has 0 aliphatic carbocycles. The third-order valence-corrected chi connectivity index (χ3v) is 4.53. The van der Waals surface area contributed by atoms with E-state index in [0.29, 0.717) is 13.2 Å². The summed E-state index contributed by atoms with van der Waals surface area (Å²) in [6.07, 6.45) is 7.27. The van der Waals surface area contributed by atoms with Gasteiger partial charge in [-0.3, -0.25) is 14.6 Å². The molecule has 1 heterocycles. The normalized spacial score (nSPS) is 12.6. The summed E-state index contributed by atoms with van der Waals surface area (Å²) in [6.45, 7) is 5.06. The molecule has 1 unspecified atom stereocenters. The standard InChI is InChI=1S/C24H29NO4/c1-18(13-23(26)15-24(27)28)9-11-29-17-19(2)12-20-5-7-21(8-6-20)14-22-4-3-10-25-16-22/h3-8,10,12,16,18H,9,11,13-15,17H2,1-2H3,(H,27,28). The number of hydrogen-bond acceptors (Lipinski definition) is 4. The van der Waals surface area contributed by atoms with E-state index in [0.717, 1.165) is 24.0 Å². The fourth-order valence-corrected chi connectivity index (χ4v) is 3.05. The number of pyridine rings is 1. The zero-order valence-electron chi connectivity index (χ0n) is 17.1. The SMILES string of the molecule is CC(=Cc1ccc(Cc2cccnc2)cc1)COCCC(C)CC(=O)CC(=O)O. The molecule has 0 saturated carbocycles. The van der Waals surface area contributed by atoms with Crippen LogP contribution in [0.2, 0.25) is 0 Å². The van der Waals surface area contributed by atoms with Gasteiger partial charge >= 0.3 is 5.97 Å². The van der Waals surface area contributed by atoms with Crippen LogP contribution < -0.4 is 0 Å². The predicted molar refractivity (Wildman–Crippen MR) is 114 cm³/mol. The number of rotatable bonds is 12. The molecule has 0 spiro atoms. The molecule has 1 aromatic carbocycles. The number of aromatic nitrogens is 1. The van der Waals surface area contributed by atoms with Gasteiger partial charge in [-0.1, -0.05) is 43.3 Å². The van der Waals surface area contributed by atoms with E-state index in [4.69, 9.17) is 9.84 Å². The van der Waals surface area contributed by atoms with Crippen LogP contribution in [0.3, 0.4) is 0 Å². The van der Waals surface area contributed by atoms with Crippen LogP contribution in [0.1, 0.15) is 49.8 Å². The minimum atomic E-state index is -1.07. The van der Waals surface area contributed by atoms with Crippen molar-refractivity contribution in [2.24, 2.45) is 5.92 Å². The van der Waals surface area contributed by atoms with Crippen molar-refractivity contribution in [1.82, 2.24) is 4.98 Å². The Morgan fingerprint density at radius 1 is 1.17 bits per heavy atom. The molecule has 0 saturated heterocycles. The van der Waals surface area contributed by atoms with Crippen LogP contribution in [0.5, 0.6) is 0 Å². The maximum Gasteiger partial charge on any atom is 0.310 e. The lowest BCUT2D eigenvalue weighted by molar-refractivity contribution is -0.140. The molecule has 5 nitrogen and oxygen atoms in total. The average Bonchev–Trinajstić information content (AvgIpc) is 2.67. The van der Waals surface area contributed by atoms with Gasteiger partial charge in [-0.25, -0.2) is 0 Å². The molecule has 0 aliphatic heterocycles. The number of benzene rings is 1. The van der Waals surface area contributed by atoms with Crippen molar-refractivity contribution in [3.63, 3.8) is 0 Å². The fraction of sp³-hybridized carbons (Fsp3) is 0.375. The lowest BCUT2D eigenvalue weighted by Gasteiger charge is -2.10. The van der Waals surface area contributed by atoms with Crippen LogP contribution in [0.15, 0.2) is 54.4 Å². The van der Waals surface area contributed by atoms with Crippen molar-refractivity contribution in [2.45, 2.75) is 39.5 Å². The molecule has 5 heteroatoms. The summed E-state index contributed by atoms with van der Waals surface area (Å²) in [7, 11) is 0. The monoisotopic (exact) mass is 395 g/mol. The van der Waals surface area contributed by atoms with Crippen molar-refractivity contribution < 1.29 is 19.4 Å². The predicted octanol–water partition coefficient (Wildman–Crippen LogP) is 4.55. The molecule has 0 aliphatic rings. The molecule has 1 atom stereocenters. The molecule has 1 aromatic heterocycles. The van der Waals surface area contributed by atoms with Gasteiger partial charge in [0.1, 0.15) is 12.2 Å². The maximum absolute atomic E-state index is 11.5. The fourth-order valence-electron chi connectivity index (χ4n) is 3.05. The zero-order valence-corrected chi connectivity index (χ0v) is 17.1. The molecule has 154 valence electrons. The molecule has 0 fully saturated rings. The van der Waals surface area contributed by atoms with Crippen LogP contribution in [0, 0.1) is 5.92 Å². The molecule has 2 rings (SSSR count). The van der Waals surface area contributed by atoms with Crippen LogP contribution in [-0.2, 0) is 20.7 Å². The molecule has 0 amide bonds. The van der Waals surface area contributed by atoms with E-state index in [2.05, 4.69) is 41.4 Å². The highest BCUT2D eigenvalue weighted by Gasteiger charge is 2.12. The number of aliphatic carboxylic acids is 1. The van der Waals surface area contributed by atoms with Crippen LogP contribution >= 0.6 is 0 Å². The van der Waals surface area contributed by atoms with E-state index in [1.165, 1.54) is 11.1 Å². The summed E-state index contributed by atoms with van der Waals surface area (Å²) in [4.78, 5) is 26.2. The van der Waals surface area contributed by atoms with Gasteiger partial charge in [-0.2, -0.15) is 0 Å². The summed E-state index contributed by atoms with van der Waals surface area (Å²) in [6, 6.07) is 12.5. The van der Waals surface area contributed by atoms with Gasteiger partial charge in [0.25, 0.3) is 0 Å². The van der Waals surface area contributed by atoms with E-state index in [-0.39, 0.29) is 18.1 Å². The van der Waals surface area contributed by atoms with Gasteiger partial charge in [-0.15, -0.1) is 0 Å². The van der Waals surface area contributed by atoms with E-state index >= 15 is 0 Å². The molecular weight excluding hydrogens is 366 g/mol. The second-order valence-corrected chi connectivity index (χ2v) is 7.53. The van der Waals surface area contributed by atoms with Crippen LogP contribution in [0.25, 0.3) is 6.08 Å². The Labute approximate surface area is 172 Å². The number of ketones is 1. The van der Waals surface area contributed by atoms with Crippen LogP contribution in [-0.4, -0.2) is 35.1 Å². The van der Waals surface area contributed by atoms with Crippen molar-refractivity contribution in [3.05, 3.63) is 71.1 Å². The molecule has 1 N–H and O–H groups in total. The average molecular weight is 395 g/mol. The molecule has 2 aromatic rings. The highest BCUT2D eigenvalue weighted by atomic mass is 16.5. The summed E-state index contributed by atoms with van der Waals surface area (Å²) in [5, 5.41) is 8.62. The van der Waals surface area contributed by atoms with Crippen molar-refractivity contribution in [3.8, 4) is 0 Å². The van der Waals surface area contributed by atoms with Gasteiger partial charge < -0.3 is 9.84 Å². The maximum atomic E-state index is 11.5. The third kappa shape index (κ3) is 9.30. The Hall–Kier alpha value is -2.79. The summed E-state index contributed by atoms with van der Waals surface area (Å²) >= 11 is 0. The largest absolute Gasteiger partial charge is 0.481 e. The first kappa shape index (κ1) is 22.5. The van der Waals surface area contributed by atoms with E-state index in [9.17, 15) is 9.59 Å². The number of nitrogens with zero attached hydrogens (tertiary/aromatic N) is 1. The van der Waals surface area contributed by atoms with Gasteiger partial charge in [0.2, 0.25) is 0 Å². The number of carbonyl (C=O) groups is 2. The highest BCUT2D eigenvalue weighted by molar-refractivity contribution is 5.94. The van der Waals surface area contributed by atoms with Gasteiger partial charge in [0.05, 0.1) is 6.61 Å². The number of ether oxygens (including phenoxy) is 1. The summed E-state index contributed by atoms with van der Waals surface area (Å²) in [5.41, 5.74) is 4.70. The van der Waals surface area contributed by atoms with E-state index < -0.39 is 12.4 Å². The summed E-state index contributed by atoms with van der Waals surface area (Å²) in [5.74, 6) is -1.17. The topological polar surface area (TPSA) is 76.5 Å². The lowest BCUT2D eigenvalue weighted by Crippen LogP contribution is -2.12. The Bertz CT molecular complexity index is 813. The second-order valence-electron chi connectivity index (χ2n) is 7.53. The first-order valence-corrected chi connectivity index (χ1v) is 9.88. The van der Waals surface area contributed by atoms with Crippen molar-refractivity contribution in [1.29, 1.82) is 0 Å². The highest BCUT2D eigenvalue weighted by Crippen LogP contribution is 2.14. The zero-order chi connectivity index (χ0) is 21.1. The van der Waals surface area contributed by atoms with Gasteiger partial charge in [0, 0.05) is 25.4 Å². The molecule has 0 radical (unpaired) electrons. The van der Waals surface area contributed by atoms with Crippen molar-refractivity contribution in [2.75, 3.05) is 13.2 Å². The minimum Gasteiger partial charge on any atom is -0.481 e. The quantitative estimate of drug-likeness (QED) is 0.421. The Kier molecular flexibility index (Phi) is 9.25. The number of Topliss-reactive ketones (excluding diaryl/α,β-unsaturated/α-hetero) is 1. The molecular formula is C24H29NO4. The smallest absolute Gasteiger partial charge is 0.310 e. The minimum absolute atomic E-state index is 0.124. The summed E-state index contributed by atoms with van der Waals surface area (Å²) < 4.78 is 5.70. The Morgan fingerprint density at radius 3 is 2.59 bits per heavy atom. The number of hydrogen-bond donors (Lipinski definition) is 1. The lowest BCUT2D eigenvalue weighted by atomic mass is 10.00. The van der Waals surface area contributed by atoms with Gasteiger partial charge in [-0.05, 0) is 54.0 Å². The van der Waals surface area contributed by atoms with Crippen LogP contribution in [0.4, 0.5) is 0 Å². The first-order valence-electron chi connectivity index (χ1n) is 9.88. The number of carbonyl (C=O) groups excluding carboxylic acids is 1. The third-order valence-electron chi connectivity index (χ3n) is 4.53. The Morgan fingerprint density at radius 2 is 1.93 bits per heavy atom. The number of carboxylic acids is 1. The van der Waals surface area contributed by atoms with Gasteiger partial charge in [0.15, 0.2) is 0 Å². The first-order chi connectivity index (χ1) is 13.9. The molecule has 29 heavy (non-hydrogen) atoms. The molecule has 0 bridgehead atoms. The number of carboxylic acid groups (broad SMARTS) is 1. The van der Waals surface area contributed by atoms with E-state index in [1.54, 1.807) is 6.20 Å².